The number of fused-ring (bicyclic) bond motifs is 2. The Kier molecular flexibility index (Phi) is 3.44. The number of carbonyl (C=O) groups excluding carboxylic acids is 1. The van der Waals surface area contributed by atoms with Gasteiger partial charge in [0.15, 0.2) is 5.78 Å². The van der Waals surface area contributed by atoms with E-state index in [1.807, 2.05) is 24.3 Å². The van der Waals surface area contributed by atoms with Crippen LogP contribution in [0, 0.1) is 12.8 Å². The van der Waals surface area contributed by atoms with Gasteiger partial charge in [0.2, 0.25) is 0 Å². The molecule has 0 aromatic heterocycles. The van der Waals surface area contributed by atoms with Crippen LogP contribution in [0.5, 0.6) is 0 Å². The summed E-state index contributed by atoms with van der Waals surface area (Å²) in [7, 11) is 2.25. The van der Waals surface area contributed by atoms with Crippen LogP contribution in [0.2, 0.25) is 0 Å². The molecule has 2 aliphatic rings. The van der Waals surface area contributed by atoms with Crippen molar-refractivity contribution in [2.45, 2.75) is 51.1 Å². The van der Waals surface area contributed by atoms with Gasteiger partial charge in [-0.25, -0.2) is 0 Å². The molecule has 102 valence electrons. The normalized spacial score (nSPS) is 30.5. The van der Waals surface area contributed by atoms with Crippen LogP contribution in [-0.4, -0.2) is 29.8 Å². The third kappa shape index (κ3) is 2.59. The highest BCUT2D eigenvalue weighted by Gasteiger charge is 2.38. The minimum Gasteiger partial charge on any atom is -0.300 e. The lowest BCUT2D eigenvalue weighted by Crippen LogP contribution is -2.40. The molecule has 2 bridgehead atoms. The summed E-state index contributed by atoms with van der Waals surface area (Å²) in [6.45, 7) is 2.06. The predicted octanol–water partition coefficient (Wildman–Crippen LogP) is 3.44. The average Bonchev–Trinajstić information content (AvgIpc) is 2.63. The smallest absolute Gasteiger partial charge is 0.163 e. The van der Waals surface area contributed by atoms with Crippen LogP contribution < -0.4 is 0 Å². The largest absolute Gasteiger partial charge is 0.300 e. The standard InChI is InChI=1S/C17H23NO/c1-12-3-5-14(6-4-12)17(19)11-13-9-15-7-8-16(10-13)18(15)2/h3-6,13,15-16H,7-11H2,1-2H3. The Balaban J connectivity index is 1.63. The number of benzene rings is 1. The molecule has 19 heavy (non-hydrogen) atoms. The van der Waals surface area contributed by atoms with Crippen molar-refractivity contribution >= 4 is 5.78 Å². The maximum absolute atomic E-state index is 12.3. The van der Waals surface area contributed by atoms with Crippen LogP contribution >= 0.6 is 0 Å². The van der Waals surface area contributed by atoms with Crippen molar-refractivity contribution in [1.29, 1.82) is 0 Å². The lowest BCUT2D eigenvalue weighted by atomic mass is 9.86. The molecule has 2 atom stereocenters. The van der Waals surface area contributed by atoms with E-state index in [2.05, 4.69) is 18.9 Å². The van der Waals surface area contributed by atoms with E-state index in [0.717, 1.165) is 24.1 Å². The molecule has 1 aromatic rings. The van der Waals surface area contributed by atoms with Crippen molar-refractivity contribution < 1.29 is 4.79 Å². The maximum atomic E-state index is 12.3. The number of aryl methyl sites for hydroxylation is 1. The molecule has 2 heterocycles. The van der Waals surface area contributed by atoms with Gasteiger partial charge in [0.05, 0.1) is 0 Å². The number of hydrogen-bond acceptors (Lipinski definition) is 2. The molecule has 0 spiro atoms. The summed E-state index contributed by atoms with van der Waals surface area (Å²) in [4.78, 5) is 14.9. The molecular weight excluding hydrogens is 234 g/mol. The fraction of sp³-hybridized carbons (Fsp3) is 0.588. The minimum atomic E-state index is 0.328. The Bertz CT molecular complexity index is 451. The van der Waals surface area contributed by atoms with E-state index in [4.69, 9.17) is 0 Å². The van der Waals surface area contributed by atoms with Crippen LogP contribution in [0.4, 0.5) is 0 Å². The molecule has 0 amide bonds. The lowest BCUT2D eigenvalue weighted by Gasteiger charge is -2.36. The topological polar surface area (TPSA) is 20.3 Å². The Morgan fingerprint density at radius 1 is 1.16 bits per heavy atom. The Hall–Kier alpha value is -1.15. The molecule has 1 aromatic carbocycles. The average molecular weight is 257 g/mol. The van der Waals surface area contributed by atoms with Crippen LogP contribution in [-0.2, 0) is 0 Å². The summed E-state index contributed by atoms with van der Waals surface area (Å²) < 4.78 is 0. The highest BCUT2D eigenvalue weighted by molar-refractivity contribution is 5.96. The molecule has 2 nitrogen and oxygen atoms in total. The second-order valence-corrected chi connectivity index (χ2v) is 6.38. The van der Waals surface area contributed by atoms with E-state index in [0.29, 0.717) is 11.7 Å². The first-order valence-electron chi connectivity index (χ1n) is 7.45. The van der Waals surface area contributed by atoms with E-state index < -0.39 is 0 Å². The first-order chi connectivity index (χ1) is 9.13. The first kappa shape index (κ1) is 12.9. The second kappa shape index (κ2) is 5.09. The quantitative estimate of drug-likeness (QED) is 0.773. The molecule has 2 fully saturated rings. The predicted molar refractivity (Wildman–Crippen MR) is 77.4 cm³/mol. The van der Waals surface area contributed by atoms with Crippen LogP contribution in [0.3, 0.4) is 0 Å². The fourth-order valence-corrected chi connectivity index (χ4v) is 3.81. The molecule has 0 aliphatic carbocycles. The second-order valence-electron chi connectivity index (χ2n) is 6.38. The third-order valence-corrected chi connectivity index (χ3v) is 5.04. The molecule has 0 N–H and O–H groups in total. The zero-order chi connectivity index (χ0) is 13.4. The van der Waals surface area contributed by atoms with Gasteiger partial charge in [-0.2, -0.15) is 0 Å². The van der Waals surface area contributed by atoms with E-state index in [9.17, 15) is 4.79 Å². The van der Waals surface area contributed by atoms with Crippen LogP contribution in [0.15, 0.2) is 24.3 Å². The monoisotopic (exact) mass is 257 g/mol. The lowest BCUT2D eigenvalue weighted by molar-refractivity contribution is 0.0882. The number of carbonyl (C=O) groups is 1. The summed E-state index contributed by atoms with van der Waals surface area (Å²) in [6, 6.07) is 9.48. The van der Waals surface area contributed by atoms with E-state index in [1.54, 1.807) is 0 Å². The number of Topliss-reactive ketones (excluding diaryl/α,β-unsaturated/α-hetero) is 1. The van der Waals surface area contributed by atoms with Gasteiger partial charge in [-0.05, 0) is 45.6 Å². The number of rotatable bonds is 3. The first-order valence-corrected chi connectivity index (χ1v) is 7.45. The molecule has 3 rings (SSSR count). The SMILES string of the molecule is Cc1ccc(C(=O)CC2CC3CCC(C2)N3C)cc1. The van der Waals surface area contributed by atoms with Gasteiger partial charge in [-0.15, -0.1) is 0 Å². The minimum absolute atomic E-state index is 0.328. The zero-order valence-electron chi connectivity index (χ0n) is 11.9. The number of hydrogen-bond donors (Lipinski definition) is 0. The van der Waals surface area contributed by atoms with Gasteiger partial charge < -0.3 is 4.90 Å². The fourth-order valence-electron chi connectivity index (χ4n) is 3.81. The van der Waals surface area contributed by atoms with Crippen LogP contribution in [0.1, 0.15) is 48.0 Å². The van der Waals surface area contributed by atoms with Crippen molar-refractivity contribution in [3.05, 3.63) is 35.4 Å². The van der Waals surface area contributed by atoms with Crippen molar-refractivity contribution in [3.63, 3.8) is 0 Å². The summed E-state index contributed by atoms with van der Waals surface area (Å²) in [6.07, 6.45) is 5.83. The van der Waals surface area contributed by atoms with Crippen LogP contribution in [0.25, 0.3) is 0 Å². The van der Waals surface area contributed by atoms with Crippen molar-refractivity contribution in [2.24, 2.45) is 5.92 Å². The zero-order valence-corrected chi connectivity index (χ0v) is 11.9. The number of nitrogens with zero attached hydrogens (tertiary/aromatic N) is 1. The Morgan fingerprint density at radius 2 is 1.74 bits per heavy atom. The molecule has 2 heteroatoms. The molecular formula is C17H23NO. The van der Waals surface area contributed by atoms with Gasteiger partial charge in [-0.3, -0.25) is 4.79 Å². The van der Waals surface area contributed by atoms with Crippen molar-refractivity contribution in [2.75, 3.05) is 7.05 Å². The molecule has 2 saturated heterocycles. The van der Waals surface area contributed by atoms with Gasteiger partial charge in [0.25, 0.3) is 0 Å². The van der Waals surface area contributed by atoms with Crippen molar-refractivity contribution in [1.82, 2.24) is 4.90 Å². The van der Waals surface area contributed by atoms with Crippen molar-refractivity contribution in [3.8, 4) is 0 Å². The molecule has 0 saturated carbocycles. The summed E-state index contributed by atoms with van der Waals surface area (Å²) >= 11 is 0. The summed E-state index contributed by atoms with van der Waals surface area (Å²) in [5, 5.41) is 0. The maximum Gasteiger partial charge on any atom is 0.163 e. The van der Waals surface area contributed by atoms with Gasteiger partial charge >= 0.3 is 0 Å². The highest BCUT2D eigenvalue weighted by atomic mass is 16.1. The number of piperidine rings is 1. The molecule has 2 unspecified atom stereocenters. The third-order valence-electron chi connectivity index (χ3n) is 5.04. The Morgan fingerprint density at radius 3 is 2.32 bits per heavy atom. The molecule has 0 radical (unpaired) electrons. The van der Waals surface area contributed by atoms with Gasteiger partial charge in [0, 0.05) is 24.1 Å². The molecule has 2 aliphatic heterocycles. The highest BCUT2D eigenvalue weighted by Crippen LogP contribution is 2.39. The Labute approximate surface area is 115 Å². The van der Waals surface area contributed by atoms with E-state index >= 15 is 0 Å². The van der Waals surface area contributed by atoms with Gasteiger partial charge in [-0.1, -0.05) is 29.8 Å². The number of ketones is 1. The van der Waals surface area contributed by atoms with Gasteiger partial charge in [0.1, 0.15) is 0 Å². The van der Waals surface area contributed by atoms with E-state index in [1.165, 1.54) is 31.2 Å². The summed E-state index contributed by atoms with van der Waals surface area (Å²) in [5.74, 6) is 0.927. The summed E-state index contributed by atoms with van der Waals surface area (Å²) in [5.41, 5.74) is 2.10. The van der Waals surface area contributed by atoms with E-state index in [-0.39, 0.29) is 0 Å².